The van der Waals surface area contributed by atoms with Crippen LogP contribution in [0.5, 0.6) is 0 Å². The fourth-order valence-corrected chi connectivity index (χ4v) is 1.26. The fraction of sp³-hybridized carbons (Fsp3) is 0.500. The second kappa shape index (κ2) is 7.04. The summed E-state index contributed by atoms with van der Waals surface area (Å²) in [6, 6.07) is 4.98. The van der Waals surface area contributed by atoms with E-state index < -0.39 is 0 Å². The molecule has 1 aromatic rings. The Kier molecular flexibility index (Phi) is 6.89. The lowest BCUT2D eigenvalue weighted by molar-refractivity contribution is 0.682. The minimum Gasteiger partial charge on any atom is -0.314 e. The van der Waals surface area contributed by atoms with Crippen LogP contribution in [0.3, 0.4) is 0 Å². The number of halogens is 2. The molecular formula is C10H16Cl2N2. The number of pyridine rings is 1. The first-order chi connectivity index (χ1) is 5.95. The van der Waals surface area contributed by atoms with E-state index in [1.807, 2.05) is 12.4 Å². The SMILES string of the molecule is Cl.Cl.c1cc(CCNC2CC2)ccn1. The molecule has 1 aliphatic carbocycles. The van der Waals surface area contributed by atoms with Gasteiger partial charge in [-0.3, -0.25) is 4.98 Å². The molecule has 2 rings (SSSR count). The van der Waals surface area contributed by atoms with E-state index in [9.17, 15) is 0 Å². The number of hydrogen-bond donors (Lipinski definition) is 1. The van der Waals surface area contributed by atoms with Crippen molar-refractivity contribution in [3.8, 4) is 0 Å². The lowest BCUT2D eigenvalue weighted by Gasteiger charge is -2.01. The summed E-state index contributed by atoms with van der Waals surface area (Å²) < 4.78 is 0. The summed E-state index contributed by atoms with van der Waals surface area (Å²) in [6.07, 6.45) is 7.57. The third-order valence-corrected chi connectivity index (χ3v) is 2.17. The normalized spacial score (nSPS) is 14.0. The molecule has 1 N–H and O–H groups in total. The van der Waals surface area contributed by atoms with Crippen molar-refractivity contribution in [3.05, 3.63) is 30.1 Å². The monoisotopic (exact) mass is 234 g/mol. The lowest BCUT2D eigenvalue weighted by atomic mass is 10.2. The number of hydrogen-bond acceptors (Lipinski definition) is 2. The summed E-state index contributed by atoms with van der Waals surface area (Å²) in [7, 11) is 0. The van der Waals surface area contributed by atoms with Gasteiger partial charge in [0.1, 0.15) is 0 Å². The van der Waals surface area contributed by atoms with Crippen LogP contribution in [0, 0.1) is 0 Å². The van der Waals surface area contributed by atoms with Crippen molar-refractivity contribution >= 4 is 24.8 Å². The maximum Gasteiger partial charge on any atom is 0.0270 e. The Morgan fingerprint density at radius 2 is 1.86 bits per heavy atom. The molecule has 0 amide bonds. The molecular weight excluding hydrogens is 219 g/mol. The molecule has 0 spiro atoms. The Balaban J connectivity index is 0.000000845. The van der Waals surface area contributed by atoms with Crippen LogP contribution in [0.1, 0.15) is 18.4 Å². The zero-order valence-electron chi connectivity index (χ0n) is 7.98. The maximum absolute atomic E-state index is 3.98. The predicted octanol–water partition coefficient (Wildman–Crippen LogP) is 2.22. The Bertz CT molecular complexity index is 237. The zero-order valence-corrected chi connectivity index (χ0v) is 9.61. The van der Waals surface area contributed by atoms with Gasteiger partial charge >= 0.3 is 0 Å². The zero-order chi connectivity index (χ0) is 8.23. The smallest absolute Gasteiger partial charge is 0.0270 e. The fourth-order valence-electron chi connectivity index (χ4n) is 1.26. The topological polar surface area (TPSA) is 24.9 Å². The van der Waals surface area contributed by atoms with E-state index in [0.717, 1.165) is 19.0 Å². The van der Waals surface area contributed by atoms with Gasteiger partial charge in [-0.1, -0.05) is 0 Å². The highest BCUT2D eigenvalue weighted by Crippen LogP contribution is 2.18. The number of nitrogens with zero attached hydrogens (tertiary/aromatic N) is 1. The van der Waals surface area contributed by atoms with Gasteiger partial charge in [0, 0.05) is 18.4 Å². The molecule has 0 unspecified atom stereocenters. The molecule has 0 saturated heterocycles. The second-order valence-corrected chi connectivity index (χ2v) is 3.33. The molecule has 0 radical (unpaired) electrons. The summed E-state index contributed by atoms with van der Waals surface area (Å²) in [5, 5.41) is 3.48. The molecule has 0 atom stereocenters. The van der Waals surface area contributed by atoms with Crippen molar-refractivity contribution in [1.82, 2.24) is 10.3 Å². The van der Waals surface area contributed by atoms with Crippen molar-refractivity contribution in [2.75, 3.05) is 6.54 Å². The van der Waals surface area contributed by atoms with Gasteiger partial charge in [0.25, 0.3) is 0 Å². The van der Waals surface area contributed by atoms with E-state index >= 15 is 0 Å². The van der Waals surface area contributed by atoms with E-state index in [0.29, 0.717) is 0 Å². The molecule has 2 nitrogen and oxygen atoms in total. The third kappa shape index (κ3) is 4.80. The molecule has 1 saturated carbocycles. The van der Waals surface area contributed by atoms with Crippen LogP contribution in [-0.4, -0.2) is 17.6 Å². The average Bonchev–Trinajstić information content (AvgIpc) is 2.90. The minimum atomic E-state index is 0. The Morgan fingerprint density at radius 3 is 2.43 bits per heavy atom. The minimum absolute atomic E-state index is 0. The van der Waals surface area contributed by atoms with Crippen molar-refractivity contribution in [2.45, 2.75) is 25.3 Å². The van der Waals surface area contributed by atoms with Crippen LogP contribution < -0.4 is 5.32 Å². The van der Waals surface area contributed by atoms with Crippen molar-refractivity contribution in [1.29, 1.82) is 0 Å². The Labute approximate surface area is 97.3 Å². The third-order valence-electron chi connectivity index (χ3n) is 2.17. The van der Waals surface area contributed by atoms with Crippen molar-refractivity contribution in [2.24, 2.45) is 0 Å². The molecule has 0 aliphatic heterocycles. The van der Waals surface area contributed by atoms with E-state index in [1.165, 1.54) is 18.4 Å². The summed E-state index contributed by atoms with van der Waals surface area (Å²) in [6.45, 7) is 1.11. The number of nitrogens with one attached hydrogen (secondary N) is 1. The lowest BCUT2D eigenvalue weighted by Crippen LogP contribution is -2.19. The standard InChI is InChI=1S/C10H14N2.2ClH/c1-2-10(1)12-8-5-9-3-6-11-7-4-9;;/h3-4,6-7,10,12H,1-2,5,8H2;2*1H. The van der Waals surface area contributed by atoms with E-state index in [-0.39, 0.29) is 24.8 Å². The molecule has 1 aliphatic rings. The van der Waals surface area contributed by atoms with Crippen LogP contribution in [0.4, 0.5) is 0 Å². The second-order valence-electron chi connectivity index (χ2n) is 3.33. The molecule has 4 heteroatoms. The largest absolute Gasteiger partial charge is 0.314 e. The van der Waals surface area contributed by atoms with E-state index in [4.69, 9.17) is 0 Å². The molecule has 0 aromatic carbocycles. The van der Waals surface area contributed by atoms with E-state index in [2.05, 4.69) is 22.4 Å². The molecule has 1 heterocycles. The first kappa shape index (κ1) is 13.7. The molecule has 0 bridgehead atoms. The number of aromatic nitrogens is 1. The van der Waals surface area contributed by atoms with Gasteiger partial charge in [-0.05, 0) is 43.5 Å². The molecule has 80 valence electrons. The highest BCUT2D eigenvalue weighted by molar-refractivity contribution is 5.85. The molecule has 1 aromatic heterocycles. The van der Waals surface area contributed by atoms with Crippen LogP contribution in [-0.2, 0) is 6.42 Å². The Morgan fingerprint density at radius 1 is 1.21 bits per heavy atom. The van der Waals surface area contributed by atoms with Crippen LogP contribution in [0.15, 0.2) is 24.5 Å². The van der Waals surface area contributed by atoms with Gasteiger partial charge in [-0.15, -0.1) is 24.8 Å². The first-order valence-corrected chi connectivity index (χ1v) is 4.57. The van der Waals surface area contributed by atoms with Gasteiger partial charge in [0.15, 0.2) is 0 Å². The quantitative estimate of drug-likeness (QED) is 0.865. The summed E-state index contributed by atoms with van der Waals surface area (Å²) in [5.74, 6) is 0. The Hall–Kier alpha value is -0.310. The van der Waals surface area contributed by atoms with Gasteiger partial charge in [0.2, 0.25) is 0 Å². The van der Waals surface area contributed by atoms with Gasteiger partial charge < -0.3 is 5.32 Å². The van der Waals surface area contributed by atoms with Gasteiger partial charge in [-0.2, -0.15) is 0 Å². The predicted molar refractivity (Wildman–Crippen MR) is 63.5 cm³/mol. The maximum atomic E-state index is 3.98. The van der Waals surface area contributed by atoms with Gasteiger partial charge in [0.05, 0.1) is 0 Å². The van der Waals surface area contributed by atoms with Crippen LogP contribution in [0.25, 0.3) is 0 Å². The number of rotatable bonds is 4. The highest BCUT2D eigenvalue weighted by Gasteiger charge is 2.19. The van der Waals surface area contributed by atoms with Crippen LogP contribution in [0.2, 0.25) is 0 Å². The van der Waals surface area contributed by atoms with Crippen LogP contribution >= 0.6 is 24.8 Å². The average molecular weight is 235 g/mol. The first-order valence-electron chi connectivity index (χ1n) is 4.57. The molecule has 14 heavy (non-hydrogen) atoms. The molecule has 1 fully saturated rings. The van der Waals surface area contributed by atoms with Crippen molar-refractivity contribution in [3.63, 3.8) is 0 Å². The highest BCUT2D eigenvalue weighted by atomic mass is 35.5. The van der Waals surface area contributed by atoms with E-state index in [1.54, 1.807) is 0 Å². The summed E-state index contributed by atoms with van der Waals surface area (Å²) in [4.78, 5) is 3.98. The summed E-state index contributed by atoms with van der Waals surface area (Å²) >= 11 is 0. The summed E-state index contributed by atoms with van der Waals surface area (Å²) in [5.41, 5.74) is 1.37. The van der Waals surface area contributed by atoms with Gasteiger partial charge in [-0.25, -0.2) is 0 Å². The van der Waals surface area contributed by atoms with Crippen molar-refractivity contribution < 1.29 is 0 Å².